The zero-order chi connectivity index (χ0) is 12.7. The van der Waals surface area contributed by atoms with Gasteiger partial charge in [0.05, 0.1) is 21.2 Å². The Labute approximate surface area is 120 Å². The summed E-state index contributed by atoms with van der Waals surface area (Å²) < 4.78 is 23.1. The van der Waals surface area contributed by atoms with E-state index in [2.05, 4.69) is 24.7 Å². The van der Waals surface area contributed by atoms with Crippen molar-refractivity contribution in [2.45, 2.75) is 0 Å². The molecule has 0 aliphatic heterocycles. The van der Waals surface area contributed by atoms with Crippen molar-refractivity contribution in [3.8, 4) is 11.1 Å². The second kappa shape index (κ2) is 4.57. The molecule has 18 heavy (non-hydrogen) atoms. The van der Waals surface area contributed by atoms with Gasteiger partial charge in [0, 0.05) is 5.56 Å². The summed E-state index contributed by atoms with van der Waals surface area (Å²) in [5, 5.41) is 0.0362. The Morgan fingerprint density at radius 1 is 1.11 bits per heavy atom. The van der Waals surface area contributed by atoms with Gasteiger partial charge in [0.15, 0.2) is 5.82 Å². The predicted octanol–water partition coefficient (Wildman–Crippen LogP) is 4.91. The van der Waals surface area contributed by atoms with E-state index in [1.807, 2.05) is 30.3 Å². The SMILES string of the molecule is Fc1c(Cl)c(Br)c2nsnc2c1-c1ccccc1. The van der Waals surface area contributed by atoms with Gasteiger partial charge in [-0.3, -0.25) is 0 Å². The summed E-state index contributed by atoms with van der Waals surface area (Å²) in [4.78, 5) is 0. The second-order valence-electron chi connectivity index (χ2n) is 3.64. The smallest absolute Gasteiger partial charge is 0.153 e. The van der Waals surface area contributed by atoms with Crippen LogP contribution in [0.15, 0.2) is 34.8 Å². The Morgan fingerprint density at radius 2 is 1.78 bits per heavy atom. The van der Waals surface area contributed by atoms with Crippen molar-refractivity contribution in [1.29, 1.82) is 0 Å². The van der Waals surface area contributed by atoms with E-state index in [4.69, 9.17) is 11.6 Å². The van der Waals surface area contributed by atoms with Gasteiger partial charge in [-0.25, -0.2) is 4.39 Å². The largest absolute Gasteiger partial charge is 0.205 e. The van der Waals surface area contributed by atoms with Crippen LogP contribution in [-0.2, 0) is 0 Å². The lowest BCUT2D eigenvalue weighted by atomic mass is 10.0. The standard InChI is InChI=1S/C12H5BrClFN2S/c13-8-9(14)10(15)7(6-4-2-1-3-5-6)11-12(8)17-18-16-11/h1-5H. The molecule has 0 atom stereocenters. The summed E-state index contributed by atoms with van der Waals surface area (Å²) >= 11 is 10.3. The van der Waals surface area contributed by atoms with Crippen LogP contribution in [-0.4, -0.2) is 8.75 Å². The van der Waals surface area contributed by atoms with Gasteiger partial charge in [-0.05, 0) is 21.5 Å². The molecule has 1 aromatic heterocycles. The van der Waals surface area contributed by atoms with Crippen molar-refractivity contribution >= 4 is 50.3 Å². The molecule has 0 amide bonds. The van der Waals surface area contributed by atoms with Crippen LogP contribution in [0, 0.1) is 5.82 Å². The number of hydrogen-bond donors (Lipinski definition) is 0. The van der Waals surface area contributed by atoms with Gasteiger partial charge >= 0.3 is 0 Å². The minimum Gasteiger partial charge on any atom is -0.205 e. The van der Waals surface area contributed by atoms with E-state index < -0.39 is 5.82 Å². The summed E-state index contributed by atoms with van der Waals surface area (Å²) in [6.07, 6.45) is 0. The van der Waals surface area contributed by atoms with Crippen LogP contribution in [0.4, 0.5) is 4.39 Å². The highest BCUT2D eigenvalue weighted by Gasteiger charge is 2.21. The maximum Gasteiger partial charge on any atom is 0.153 e. The molecular weight excluding hydrogens is 339 g/mol. The molecule has 6 heteroatoms. The van der Waals surface area contributed by atoms with Crippen LogP contribution in [0.1, 0.15) is 0 Å². The van der Waals surface area contributed by atoms with Crippen LogP contribution < -0.4 is 0 Å². The number of fused-ring (bicyclic) bond motifs is 1. The Kier molecular flexibility index (Phi) is 3.05. The van der Waals surface area contributed by atoms with Crippen molar-refractivity contribution in [3.05, 3.63) is 45.6 Å². The number of benzene rings is 2. The predicted molar refractivity (Wildman–Crippen MR) is 75.5 cm³/mol. The first kappa shape index (κ1) is 12.0. The quantitative estimate of drug-likeness (QED) is 0.587. The van der Waals surface area contributed by atoms with Gasteiger partial charge in [-0.15, -0.1) is 0 Å². The number of rotatable bonds is 1. The molecule has 0 bridgehead atoms. The molecular formula is C12H5BrClFN2S. The summed E-state index contributed by atoms with van der Waals surface area (Å²) in [6.45, 7) is 0. The molecule has 0 saturated carbocycles. The Hall–Kier alpha value is -1.04. The summed E-state index contributed by atoms with van der Waals surface area (Å²) in [5.41, 5.74) is 2.25. The topological polar surface area (TPSA) is 25.8 Å². The molecule has 0 saturated heterocycles. The van der Waals surface area contributed by atoms with E-state index in [0.29, 0.717) is 21.1 Å². The van der Waals surface area contributed by atoms with Crippen molar-refractivity contribution in [1.82, 2.24) is 8.75 Å². The van der Waals surface area contributed by atoms with E-state index in [1.165, 1.54) is 0 Å². The number of hydrogen-bond acceptors (Lipinski definition) is 3. The maximum atomic E-state index is 14.3. The number of aromatic nitrogens is 2. The van der Waals surface area contributed by atoms with Crippen molar-refractivity contribution < 1.29 is 4.39 Å². The molecule has 3 aromatic rings. The molecule has 90 valence electrons. The van der Waals surface area contributed by atoms with Crippen molar-refractivity contribution in [2.75, 3.05) is 0 Å². The van der Waals surface area contributed by atoms with E-state index in [0.717, 1.165) is 17.3 Å². The van der Waals surface area contributed by atoms with Crippen LogP contribution in [0.2, 0.25) is 5.02 Å². The fraction of sp³-hybridized carbons (Fsp3) is 0. The average Bonchev–Trinajstić information content (AvgIpc) is 2.87. The van der Waals surface area contributed by atoms with Crippen LogP contribution >= 0.6 is 39.3 Å². The first-order chi connectivity index (χ1) is 8.70. The fourth-order valence-electron chi connectivity index (χ4n) is 1.78. The van der Waals surface area contributed by atoms with Crippen molar-refractivity contribution in [3.63, 3.8) is 0 Å². The molecule has 0 fully saturated rings. The molecule has 0 radical (unpaired) electrons. The average molecular weight is 344 g/mol. The number of nitrogens with zero attached hydrogens (tertiary/aromatic N) is 2. The summed E-state index contributed by atoms with van der Waals surface area (Å²) in [7, 11) is 0. The molecule has 0 aliphatic rings. The van der Waals surface area contributed by atoms with Gasteiger partial charge in [0.25, 0.3) is 0 Å². The van der Waals surface area contributed by atoms with E-state index in [-0.39, 0.29) is 5.02 Å². The highest BCUT2D eigenvalue weighted by atomic mass is 79.9. The minimum atomic E-state index is -0.477. The Bertz CT molecular complexity index is 730. The van der Waals surface area contributed by atoms with Crippen LogP contribution in [0.25, 0.3) is 22.2 Å². The van der Waals surface area contributed by atoms with Gasteiger partial charge in [0.1, 0.15) is 11.0 Å². The van der Waals surface area contributed by atoms with Crippen LogP contribution in [0.5, 0.6) is 0 Å². The zero-order valence-electron chi connectivity index (χ0n) is 8.82. The highest BCUT2D eigenvalue weighted by molar-refractivity contribution is 9.10. The van der Waals surface area contributed by atoms with Crippen LogP contribution in [0.3, 0.4) is 0 Å². The van der Waals surface area contributed by atoms with Gasteiger partial charge < -0.3 is 0 Å². The molecule has 0 spiro atoms. The van der Waals surface area contributed by atoms with Gasteiger partial charge in [0.2, 0.25) is 0 Å². The Morgan fingerprint density at radius 3 is 2.50 bits per heavy atom. The summed E-state index contributed by atoms with van der Waals surface area (Å²) in [6, 6.07) is 9.20. The lowest BCUT2D eigenvalue weighted by Gasteiger charge is -2.07. The third-order valence-corrected chi connectivity index (χ3v) is 4.48. The van der Waals surface area contributed by atoms with E-state index >= 15 is 0 Å². The molecule has 0 unspecified atom stereocenters. The molecule has 2 nitrogen and oxygen atoms in total. The monoisotopic (exact) mass is 342 g/mol. The molecule has 1 heterocycles. The molecule has 2 aromatic carbocycles. The first-order valence-electron chi connectivity index (χ1n) is 5.04. The third-order valence-electron chi connectivity index (χ3n) is 2.60. The third kappa shape index (κ3) is 1.74. The summed E-state index contributed by atoms with van der Waals surface area (Å²) in [5.74, 6) is -0.477. The van der Waals surface area contributed by atoms with E-state index in [1.54, 1.807) is 0 Å². The van der Waals surface area contributed by atoms with Gasteiger partial charge in [-0.1, -0.05) is 41.9 Å². The molecule has 0 N–H and O–H groups in total. The lowest BCUT2D eigenvalue weighted by Crippen LogP contribution is -1.90. The first-order valence-corrected chi connectivity index (χ1v) is 6.94. The Balaban J connectivity index is 2.46. The lowest BCUT2D eigenvalue weighted by molar-refractivity contribution is 0.632. The number of halogens is 3. The molecule has 3 rings (SSSR count). The van der Waals surface area contributed by atoms with Gasteiger partial charge in [-0.2, -0.15) is 8.75 Å². The normalized spacial score (nSPS) is 11.1. The zero-order valence-corrected chi connectivity index (χ0v) is 12.0. The van der Waals surface area contributed by atoms with Crippen molar-refractivity contribution in [2.24, 2.45) is 0 Å². The molecule has 0 aliphatic carbocycles. The minimum absolute atomic E-state index is 0.0362. The maximum absolute atomic E-state index is 14.3. The highest BCUT2D eigenvalue weighted by Crippen LogP contribution is 2.40. The van der Waals surface area contributed by atoms with E-state index in [9.17, 15) is 4.39 Å². The fourth-order valence-corrected chi connectivity index (χ4v) is 3.09. The second-order valence-corrected chi connectivity index (χ2v) is 5.34.